The Kier molecular flexibility index (Phi) is 2.65. The summed E-state index contributed by atoms with van der Waals surface area (Å²) in [6.07, 6.45) is 0. The van der Waals surface area contributed by atoms with Gasteiger partial charge >= 0.3 is 0 Å². The molecule has 2 aromatic rings. The molecule has 0 saturated carbocycles. The summed E-state index contributed by atoms with van der Waals surface area (Å²) in [4.78, 5) is 0. The van der Waals surface area contributed by atoms with Crippen LogP contribution in [0.4, 0.5) is 5.69 Å². The molecule has 0 aliphatic heterocycles. The van der Waals surface area contributed by atoms with Gasteiger partial charge in [0.15, 0.2) is 0 Å². The zero-order chi connectivity index (χ0) is 9.80. The third kappa shape index (κ3) is 1.86. The molecule has 68 valence electrons. The molecule has 0 radical (unpaired) electrons. The summed E-state index contributed by atoms with van der Waals surface area (Å²) in [5, 5.41) is 0. The average molecular weight is 199 g/mol. The van der Waals surface area contributed by atoms with Crippen molar-refractivity contribution in [1.82, 2.24) is 0 Å². The summed E-state index contributed by atoms with van der Waals surface area (Å²) in [7, 11) is 0. The van der Waals surface area contributed by atoms with E-state index in [4.69, 9.17) is 0 Å². The van der Waals surface area contributed by atoms with Crippen molar-refractivity contribution in [1.29, 1.82) is 0 Å². The summed E-state index contributed by atoms with van der Waals surface area (Å²) in [5.41, 5.74) is 3.17. The van der Waals surface area contributed by atoms with E-state index in [1.807, 2.05) is 36.4 Å². The normalized spacial score (nSPS) is 9.71. The first kappa shape index (κ1) is 9.03. The van der Waals surface area contributed by atoms with Crippen LogP contribution in [0.1, 0.15) is 0 Å². The van der Waals surface area contributed by atoms with Crippen molar-refractivity contribution in [2.45, 2.75) is 0 Å². The molecule has 0 aliphatic rings. The van der Waals surface area contributed by atoms with Crippen LogP contribution in [-0.4, -0.2) is 0 Å². The van der Waals surface area contributed by atoms with E-state index in [0.29, 0.717) is 0 Å². The second-order valence-electron chi connectivity index (χ2n) is 3.01. The summed E-state index contributed by atoms with van der Waals surface area (Å²) >= 11 is 4.65. The van der Waals surface area contributed by atoms with Gasteiger partial charge in [-0.15, -0.1) is 0 Å². The van der Waals surface area contributed by atoms with Gasteiger partial charge in [0.05, 0.1) is 5.69 Å². The van der Waals surface area contributed by atoms with Crippen molar-refractivity contribution in [3.05, 3.63) is 54.6 Å². The van der Waals surface area contributed by atoms with E-state index >= 15 is 0 Å². The first-order valence-corrected chi connectivity index (χ1v) is 4.75. The summed E-state index contributed by atoms with van der Waals surface area (Å²) in [6.45, 7) is 0. The fourth-order valence-electron chi connectivity index (χ4n) is 1.37. The highest BCUT2D eigenvalue weighted by atomic mass is 32.1. The largest absolute Gasteiger partial charge is 0.182 e. The van der Waals surface area contributed by atoms with Gasteiger partial charge in [-0.1, -0.05) is 42.5 Å². The van der Waals surface area contributed by atoms with Gasteiger partial charge in [0.25, 0.3) is 0 Å². The quantitative estimate of drug-likeness (QED) is 0.718. The second kappa shape index (κ2) is 4.11. The lowest BCUT2D eigenvalue weighted by atomic mass is 10.1. The number of benzene rings is 2. The van der Waals surface area contributed by atoms with Crippen LogP contribution in [-0.2, 0) is 12.4 Å². The Morgan fingerprint density at radius 1 is 0.786 bits per heavy atom. The zero-order valence-electron chi connectivity index (χ0n) is 7.55. The standard InChI is InChI=1S/C12H9NS/c14-13-12-8-4-7-11(9-12)10-5-2-1-3-6-10/h1-9H. The Labute approximate surface area is 88.6 Å². The first-order valence-electron chi connectivity index (χ1n) is 4.39. The van der Waals surface area contributed by atoms with E-state index in [9.17, 15) is 0 Å². The fourth-order valence-corrected chi connectivity index (χ4v) is 1.49. The minimum atomic E-state index is 0.835. The van der Waals surface area contributed by atoms with E-state index in [-0.39, 0.29) is 0 Å². The van der Waals surface area contributed by atoms with Gasteiger partial charge in [0.2, 0.25) is 0 Å². The van der Waals surface area contributed by atoms with Crippen molar-refractivity contribution in [3.8, 4) is 11.1 Å². The van der Waals surface area contributed by atoms with Gasteiger partial charge in [0.1, 0.15) is 0 Å². The maximum absolute atomic E-state index is 4.65. The van der Waals surface area contributed by atoms with Crippen LogP contribution in [0.25, 0.3) is 11.1 Å². The molecule has 0 N–H and O–H groups in total. The van der Waals surface area contributed by atoms with E-state index in [1.165, 1.54) is 5.56 Å². The zero-order valence-corrected chi connectivity index (χ0v) is 8.37. The van der Waals surface area contributed by atoms with Crippen LogP contribution in [0.15, 0.2) is 59.0 Å². The molecule has 2 rings (SSSR count). The monoisotopic (exact) mass is 199 g/mol. The Morgan fingerprint density at radius 2 is 1.50 bits per heavy atom. The average Bonchev–Trinajstić information content (AvgIpc) is 2.30. The predicted molar refractivity (Wildman–Crippen MR) is 61.3 cm³/mol. The predicted octanol–water partition coefficient (Wildman–Crippen LogP) is 3.72. The van der Waals surface area contributed by atoms with Crippen molar-refractivity contribution in [2.75, 3.05) is 0 Å². The van der Waals surface area contributed by atoms with Gasteiger partial charge in [-0.3, -0.25) is 0 Å². The number of nitrogens with zero attached hydrogens (tertiary/aromatic N) is 1. The molecule has 0 heterocycles. The molecule has 0 amide bonds. The molecule has 0 aromatic heterocycles. The number of hydrogen-bond donors (Lipinski definition) is 0. The van der Waals surface area contributed by atoms with Gasteiger partial charge in [0, 0.05) is 12.4 Å². The molecule has 0 spiro atoms. The van der Waals surface area contributed by atoms with Crippen molar-refractivity contribution >= 4 is 18.1 Å². The molecule has 2 heteroatoms. The highest BCUT2D eigenvalue weighted by Crippen LogP contribution is 2.23. The van der Waals surface area contributed by atoms with Crippen LogP contribution in [0.3, 0.4) is 0 Å². The molecular weight excluding hydrogens is 190 g/mol. The third-order valence-corrected chi connectivity index (χ3v) is 2.27. The van der Waals surface area contributed by atoms with Gasteiger partial charge in [-0.05, 0) is 23.3 Å². The Balaban J connectivity index is 2.47. The fraction of sp³-hybridized carbons (Fsp3) is 0. The molecule has 1 nitrogen and oxygen atoms in total. The Morgan fingerprint density at radius 3 is 2.21 bits per heavy atom. The van der Waals surface area contributed by atoms with Crippen molar-refractivity contribution < 1.29 is 0 Å². The smallest absolute Gasteiger partial charge is 0.0775 e. The molecule has 0 fully saturated rings. The lowest BCUT2D eigenvalue weighted by Crippen LogP contribution is -1.75. The SMILES string of the molecule is S=Nc1cccc(-c2ccccc2)c1. The molecule has 0 saturated heterocycles. The highest BCUT2D eigenvalue weighted by Gasteiger charge is 1.96. The van der Waals surface area contributed by atoms with Crippen LogP contribution >= 0.6 is 0 Å². The topological polar surface area (TPSA) is 12.4 Å². The maximum Gasteiger partial charge on any atom is 0.0775 e. The van der Waals surface area contributed by atoms with Crippen molar-refractivity contribution in [3.63, 3.8) is 0 Å². The summed E-state index contributed by atoms with van der Waals surface area (Å²) in [6, 6.07) is 18.1. The number of hydrogen-bond acceptors (Lipinski definition) is 2. The van der Waals surface area contributed by atoms with E-state index in [0.717, 1.165) is 11.3 Å². The van der Waals surface area contributed by atoms with E-state index in [2.05, 4.69) is 35.0 Å². The van der Waals surface area contributed by atoms with E-state index in [1.54, 1.807) is 0 Å². The lowest BCUT2D eigenvalue weighted by molar-refractivity contribution is 1.55. The minimum Gasteiger partial charge on any atom is -0.182 e. The van der Waals surface area contributed by atoms with Crippen LogP contribution in [0.5, 0.6) is 0 Å². The van der Waals surface area contributed by atoms with Crippen molar-refractivity contribution in [2.24, 2.45) is 4.36 Å². The number of rotatable bonds is 2. The van der Waals surface area contributed by atoms with Gasteiger partial charge < -0.3 is 0 Å². The van der Waals surface area contributed by atoms with Gasteiger partial charge in [-0.2, -0.15) is 4.36 Å². The lowest BCUT2D eigenvalue weighted by Gasteiger charge is -2.00. The summed E-state index contributed by atoms with van der Waals surface area (Å²) < 4.78 is 3.74. The third-order valence-electron chi connectivity index (χ3n) is 2.06. The summed E-state index contributed by atoms with van der Waals surface area (Å²) in [5.74, 6) is 0. The molecule has 0 atom stereocenters. The van der Waals surface area contributed by atoms with Crippen LogP contribution < -0.4 is 0 Å². The molecule has 2 aromatic carbocycles. The first-order chi connectivity index (χ1) is 6.90. The molecular formula is C12H9NS. The molecule has 0 unspecified atom stereocenters. The second-order valence-corrected chi connectivity index (χ2v) is 3.19. The molecule has 0 aliphatic carbocycles. The Hall–Kier alpha value is -1.54. The van der Waals surface area contributed by atoms with Crippen LogP contribution in [0.2, 0.25) is 0 Å². The van der Waals surface area contributed by atoms with Crippen LogP contribution in [0, 0.1) is 0 Å². The highest BCUT2D eigenvalue weighted by molar-refractivity contribution is 7.47. The molecule has 0 bridgehead atoms. The maximum atomic E-state index is 4.65. The minimum absolute atomic E-state index is 0.835. The van der Waals surface area contributed by atoms with Gasteiger partial charge in [-0.25, -0.2) is 0 Å². The van der Waals surface area contributed by atoms with E-state index < -0.39 is 0 Å². The molecule has 14 heavy (non-hydrogen) atoms. The Bertz CT molecular complexity index is 437.